The van der Waals surface area contributed by atoms with Gasteiger partial charge in [0.2, 0.25) is 5.91 Å². The third-order valence-electron chi connectivity index (χ3n) is 2.22. The molecule has 1 aromatic rings. The molecular formula is C13H15N3O4. The van der Waals surface area contributed by atoms with Crippen LogP contribution in [0.3, 0.4) is 0 Å². The smallest absolute Gasteiger partial charge is 0.328 e. The minimum Gasteiger partial charge on any atom is -0.478 e. The Kier molecular flexibility index (Phi) is 5.89. The third kappa shape index (κ3) is 5.76. The number of hydrogen-bond acceptors (Lipinski definition) is 4. The van der Waals surface area contributed by atoms with Crippen molar-refractivity contribution in [3.63, 3.8) is 0 Å². The van der Waals surface area contributed by atoms with Crippen LogP contribution in [-0.4, -0.2) is 41.0 Å². The van der Waals surface area contributed by atoms with Crippen LogP contribution in [0, 0.1) is 0 Å². The number of carboxylic acid groups (broad SMARTS) is 1. The quantitative estimate of drug-likeness (QED) is 0.503. The first-order chi connectivity index (χ1) is 9.49. The molecule has 0 atom stereocenters. The average molecular weight is 277 g/mol. The van der Waals surface area contributed by atoms with Crippen molar-refractivity contribution in [1.29, 1.82) is 0 Å². The van der Waals surface area contributed by atoms with Gasteiger partial charge in [-0.25, -0.2) is 4.79 Å². The number of hydrogen-bond donors (Lipinski definition) is 3. The number of nitrogens with zero attached hydrogens (tertiary/aromatic N) is 1. The van der Waals surface area contributed by atoms with Crippen molar-refractivity contribution < 1.29 is 19.5 Å². The Balaban J connectivity index is 2.49. The summed E-state index contributed by atoms with van der Waals surface area (Å²) in [6.45, 7) is 2.05. The summed E-state index contributed by atoms with van der Waals surface area (Å²) in [5.74, 6) is -1.57. The third-order valence-corrected chi connectivity index (χ3v) is 2.22. The molecule has 3 N–H and O–H groups in total. The van der Waals surface area contributed by atoms with E-state index in [4.69, 9.17) is 5.11 Å². The van der Waals surface area contributed by atoms with Crippen molar-refractivity contribution in [3.05, 3.63) is 35.7 Å². The number of rotatable bonds is 6. The van der Waals surface area contributed by atoms with Crippen LogP contribution in [0.15, 0.2) is 24.4 Å². The van der Waals surface area contributed by atoms with Gasteiger partial charge < -0.3 is 15.7 Å². The first-order valence-corrected chi connectivity index (χ1v) is 5.88. The second kappa shape index (κ2) is 7.67. The summed E-state index contributed by atoms with van der Waals surface area (Å²) < 4.78 is 0. The second-order valence-electron chi connectivity index (χ2n) is 3.89. The molecule has 1 rings (SSSR count). The summed E-state index contributed by atoms with van der Waals surface area (Å²) in [6.07, 6.45) is 3.78. The van der Waals surface area contributed by atoms with E-state index in [0.717, 1.165) is 6.08 Å². The van der Waals surface area contributed by atoms with E-state index in [2.05, 4.69) is 15.6 Å². The molecule has 0 aliphatic carbocycles. The molecule has 0 aliphatic rings. The van der Waals surface area contributed by atoms with Crippen molar-refractivity contribution in [2.24, 2.45) is 0 Å². The van der Waals surface area contributed by atoms with Crippen LogP contribution >= 0.6 is 0 Å². The van der Waals surface area contributed by atoms with Crippen LogP contribution in [0.2, 0.25) is 0 Å². The van der Waals surface area contributed by atoms with Crippen LogP contribution in [0.4, 0.5) is 0 Å². The topological polar surface area (TPSA) is 108 Å². The van der Waals surface area contributed by atoms with Gasteiger partial charge in [-0.05, 0) is 17.7 Å². The van der Waals surface area contributed by atoms with E-state index in [1.165, 1.54) is 25.3 Å². The second-order valence-corrected chi connectivity index (χ2v) is 3.89. The van der Waals surface area contributed by atoms with E-state index in [9.17, 15) is 14.4 Å². The molecule has 0 unspecified atom stereocenters. The summed E-state index contributed by atoms with van der Waals surface area (Å²) in [5.41, 5.74) is 0.808. The van der Waals surface area contributed by atoms with E-state index >= 15 is 0 Å². The van der Waals surface area contributed by atoms with Crippen LogP contribution < -0.4 is 10.6 Å². The maximum atomic E-state index is 11.7. The molecule has 0 aliphatic heterocycles. The fourth-order valence-electron chi connectivity index (χ4n) is 1.31. The Morgan fingerprint density at radius 1 is 1.25 bits per heavy atom. The van der Waals surface area contributed by atoms with Gasteiger partial charge in [0.25, 0.3) is 5.91 Å². The summed E-state index contributed by atoms with van der Waals surface area (Å²) in [6, 6.07) is 3.09. The molecule has 1 heterocycles. The molecular weight excluding hydrogens is 262 g/mol. The van der Waals surface area contributed by atoms with E-state index in [1.807, 2.05) is 0 Å². The molecule has 0 saturated carbocycles. The molecule has 0 fully saturated rings. The lowest BCUT2D eigenvalue weighted by Crippen LogP contribution is -2.33. The van der Waals surface area contributed by atoms with Gasteiger partial charge in [0.15, 0.2) is 0 Å². The largest absolute Gasteiger partial charge is 0.478 e. The van der Waals surface area contributed by atoms with Crippen LogP contribution in [0.1, 0.15) is 23.0 Å². The molecule has 2 amide bonds. The maximum absolute atomic E-state index is 11.7. The van der Waals surface area contributed by atoms with Gasteiger partial charge in [-0.15, -0.1) is 0 Å². The van der Waals surface area contributed by atoms with Crippen LogP contribution in [0.5, 0.6) is 0 Å². The SMILES string of the molecule is CC(=O)NCCNC(=O)c1ccc(C=CC(=O)O)cn1. The Hall–Kier alpha value is -2.70. The molecule has 1 aromatic heterocycles. The minimum absolute atomic E-state index is 0.160. The van der Waals surface area contributed by atoms with Gasteiger partial charge >= 0.3 is 5.97 Å². The highest BCUT2D eigenvalue weighted by atomic mass is 16.4. The number of carbonyl (C=O) groups is 3. The predicted octanol–water partition coefficient (Wildman–Crippen LogP) is 0.0453. The molecule has 0 bridgehead atoms. The predicted molar refractivity (Wildman–Crippen MR) is 71.9 cm³/mol. The molecule has 106 valence electrons. The van der Waals surface area contributed by atoms with Gasteiger partial charge in [-0.3, -0.25) is 14.6 Å². The number of nitrogens with one attached hydrogen (secondary N) is 2. The number of carbonyl (C=O) groups excluding carboxylic acids is 2. The summed E-state index contributed by atoms with van der Waals surface area (Å²) >= 11 is 0. The lowest BCUT2D eigenvalue weighted by Gasteiger charge is -2.05. The standard InChI is InChI=1S/C13H15N3O4/c1-9(17)14-6-7-15-13(20)11-4-2-10(8-16-11)3-5-12(18)19/h2-5,8H,6-7H2,1H3,(H,14,17)(H,15,20)(H,18,19). The summed E-state index contributed by atoms with van der Waals surface area (Å²) in [5, 5.41) is 13.6. The van der Waals surface area contributed by atoms with Crippen molar-refractivity contribution in [1.82, 2.24) is 15.6 Å². The minimum atomic E-state index is -1.05. The lowest BCUT2D eigenvalue weighted by molar-refractivity contribution is -0.131. The number of carboxylic acids is 1. The number of pyridine rings is 1. The average Bonchev–Trinajstić information content (AvgIpc) is 2.41. The summed E-state index contributed by atoms with van der Waals surface area (Å²) in [4.78, 5) is 36.6. The van der Waals surface area contributed by atoms with E-state index in [-0.39, 0.29) is 17.5 Å². The van der Waals surface area contributed by atoms with E-state index in [1.54, 1.807) is 6.07 Å². The highest BCUT2D eigenvalue weighted by molar-refractivity contribution is 5.92. The Bertz CT molecular complexity index is 523. The Morgan fingerprint density at radius 2 is 1.95 bits per heavy atom. The van der Waals surface area contributed by atoms with Crippen LogP contribution in [-0.2, 0) is 9.59 Å². The Morgan fingerprint density at radius 3 is 2.50 bits per heavy atom. The van der Waals surface area contributed by atoms with Gasteiger partial charge in [0.1, 0.15) is 5.69 Å². The monoisotopic (exact) mass is 277 g/mol. The molecule has 7 nitrogen and oxygen atoms in total. The highest BCUT2D eigenvalue weighted by Gasteiger charge is 2.05. The molecule has 0 aromatic carbocycles. The van der Waals surface area contributed by atoms with Gasteiger partial charge in [0.05, 0.1) is 0 Å². The first-order valence-electron chi connectivity index (χ1n) is 5.88. The van der Waals surface area contributed by atoms with Crippen LogP contribution in [0.25, 0.3) is 6.08 Å². The molecule has 0 saturated heterocycles. The maximum Gasteiger partial charge on any atom is 0.328 e. The van der Waals surface area contributed by atoms with Gasteiger partial charge in [0, 0.05) is 32.3 Å². The summed E-state index contributed by atoms with van der Waals surface area (Å²) in [7, 11) is 0. The number of aliphatic carboxylic acids is 1. The van der Waals surface area contributed by atoms with Gasteiger partial charge in [-0.1, -0.05) is 6.07 Å². The fraction of sp³-hybridized carbons (Fsp3) is 0.231. The zero-order valence-electron chi connectivity index (χ0n) is 10.9. The van der Waals surface area contributed by atoms with E-state index in [0.29, 0.717) is 18.7 Å². The number of amides is 2. The first kappa shape index (κ1) is 15.4. The lowest BCUT2D eigenvalue weighted by atomic mass is 10.2. The molecule has 7 heteroatoms. The highest BCUT2D eigenvalue weighted by Crippen LogP contribution is 2.02. The van der Waals surface area contributed by atoms with Crippen molar-refractivity contribution >= 4 is 23.9 Å². The van der Waals surface area contributed by atoms with Crippen molar-refractivity contribution in [2.45, 2.75) is 6.92 Å². The molecule has 0 spiro atoms. The normalized spacial score (nSPS) is 10.2. The molecule has 20 heavy (non-hydrogen) atoms. The van der Waals surface area contributed by atoms with Gasteiger partial charge in [-0.2, -0.15) is 0 Å². The fourth-order valence-corrected chi connectivity index (χ4v) is 1.31. The number of aromatic nitrogens is 1. The Labute approximate surface area is 115 Å². The van der Waals surface area contributed by atoms with E-state index < -0.39 is 5.97 Å². The molecule has 0 radical (unpaired) electrons. The zero-order chi connectivity index (χ0) is 15.0. The van der Waals surface area contributed by atoms with Crippen molar-refractivity contribution in [2.75, 3.05) is 13.1 Å². The zero-order valence-corrected chi connectivity index (χ0v) is 10.9. The van der Waals surface area contributed by atoms with Crippen molar-refractivity contribution in [3.8, 4) is 0 Å².